The lowest BCUT2D eigenvalue weighted by Gasteiger charge is -2.16. The van der Waals surface area contributed by atoms with E-state index in [1.54, 1.807) is 0 Å². The number of hydrogen-bond acceptors (Lipinski definition) is 2. The molecule has 0 bridgehead atoms. The van der Waals surface area contributed by atoms with E-state index in [1.807, 2.05) is 24.3 Å². The molecule has 0 aliphatic carbocycles. The first-order chi connectivity index (χ1) is 9.22. The van der Waals surface area contributed by atoms with E-state index in [-0.39, 0.29) is 6.04 Å². The van der Waals surface area contributed by atoms with E-state index in [9.17, 15) is 0 Å². The summed E-state index contributed by atoms with van der Waals surface area (Å²) in [6, 6.07) is 18.5. The van der Waals surface area contributed by atoms with Crippen molar-refractivity contribution in [3.8, 4) is 6.07 Å². The molecule has 0 saturated heterocycles. The predicted octanol–water partition coefficient (Wildman–Crippen LogP) is 4.29. The first-order valence-corrected chi connectivity index (χ1v) is 6.58. The van der Waals surface area contributed by atoms with Crippen LogP contribution in [0.4, 0.5) is 5.69 Å². The fourth-order valence-electron chi connectivity index (χ4n) is 2.06. The second kappa shape index (κ2) is 6.06. The van der Waals surface area contributed by atoms with Crippen LogP contribution in [0.15, 0.2) is 48.5 Å². The maximum atomic E-state index is 8.79. The summed E-state index contributed by atoms with van der Waals surface area (Å²) in [5.41, 5.74) is 4.35. The molecule has 0 heterocycles. The van der Waals surface area contributed by atoms with Gasteiger partial charge in [0.25, 0.3) is 0 Å². The number of nitriles is 1. The highest BCUT2D eigenvalue weighted by molar-refractivity contribution is 5.48. The minimum absolute atomic E-state index is 0.222. The van der Waals surface area contributed by atoms with Gasteiger partial charge in [0.05, 0.1) is 11.6 Å². The standard InChI is InChI=1S/C17H18N2/c1-3-14-5-4-6-17(11-14)19-13(2)16-9-7-15(12-18)8-10-16/h4-11,13,19H,3H2,1-2H3. The van der Waals surface area contributed by atoms with E-state index < -0.39 is 0 Å². The van der Waals surface area contributed by atoms with Crippen molar-refractivity contribution in [3.05, 3.63) is 65.2 Å². The number of nitrogens with zero attached hydrogens (tertiary/aromatic N) is 1. The number of anilines is 1. The molecule has 2 heteroatoms. The molecular formula is C17H18N2. The first-order valence-electron chi connectivity index (χ1n) is 6.58. The Morgan fingerprint density at radius 2 is 1.89 bits per heavy atom. The van der Waals surface area contributed by atoms with Gasteiger partial charge in [-0.15, -0.1) is 0 Å². The molecular weight excluding hydrogens is 232 g/mol. The molecule has 2 nitrogen and oxygen atoms in total. The molecule has 19 heavy (non-hydrogen) atoms. The summed E-state index contributed by atoms with van der Waals surface area (Å²) in [4.78, 5) is 0. The average molecular weight is 250 g/mol. The van der Waals surface area contributed by atoms with Crippen molar-refractivity contribution in [3.63, 3.8) is 0 Å². The van der Waals surface area contributed by atoms with Gasteiger partial charge < -0.3 is 5.32 Å². The minimum atomic E-state index is 0.222. The zero-order valence-corrected chi connectivity index (χ0v) is 11.4. The molecule has 0 amide bonds. The van der Waals surface area contributed by atoms with Crippen LogP contribution in [0.2, 0.25) is 0 Å². The van der Waals surface area contributed by atoms with Crippen LogP contribution in [0.25, 0.3) is 0 Å². The molecule has 2 rings (SSSR count). The van der Waals surface area contributed by atoms with Crippen molar-refractivity contribution in [1.29, 1.82) is 5.26 Å². The third-order valence-corrected chi connectivity index (χ3v) is 3.26. The average Bonchev–Trinajstić information content (AvgIpc) is 2.47. The Labute approximate surface area is 114 Å². The Kier molecular flexibility index (Phi) is 4.20. The number of hydrogen-bond donors (Lipinski definition) is 1. The highest BCUT2D eigenvalue weighted by atomic mass is 14.9. The van der Waals surface area contributed by atoms with Crippen molar-refractivity contribution in [2.75, 3.05) is 5.32 Å². The van der Waals surface area contributed by atoms with Gasteiger partial charge in [0.15, 0.2) is 0 Å². The molecule has 1 unspecified atom stereocenters. The van der Waals surface area contributed by atoms with Gasteiger partial charge in [-0.2, -0.15) is 5.26 Å². The molecule has 2 aromatic carbocycles. The first kappa shape index (κ1) is 13.2. The van der Waals surface area contributed by atoms with Gasteiger partial charge in [-0.1, -0.05) is 31.2 Å². The molecule has 0 saturated carbocycles. The number of rotatable bonds is 4. The van der Waals surface area contributed by atoms with Crippen molar-refractivity contribution >= 4 is 5.69 Å². The summed E-state index contributed by atoms with van der Waals surface area (Å²) in [5.74, 6) is 0. The van der Waals surface area contributed by atoms with Crippen molar-refractivity contribution < 1.29 is 0 Å². The molecule has 1 atom stereocenters. The van der Waals surface area contributed by atoms with E-state index in [1.165, 1.54) is 11.1 Å². The predicted molar refractivity (Wildman–Crippen MR) is 79.0 cm³/mol. The third-order valence-electron chi connectivity index (χ3n) is 3.26. The quantitative estimate of drug-likeness (QED) is 0.878. The van der Waals surface area contributed by atoms with E-state index >= 15 is 0 Å². The van der Waals surface area contributed by atoms with Crippen molar-refractivity contribution in [2.45, 2.75) is 26.3 Å². The van der Waals surface area contributed by atoms with E-state index in [4.69, 9.17) is 5.26 Å². The molecule has 1 N–H and O–H groups in total. The maximum Gasteiger partial charge on any atom is 0.0991 e. The maximum absolute atomic E-state index is 8.79. The van der Waals surface area contributed by atoms with Crippen LogP contribution < -0.4 is 5.32 Å². The lowest BCUT2D eigenvalue weighted by molar-refractivity contribution is 0.883. The number of nitrogens with one attached hydrogen (secondary N) is 1. The Hall–Kier alpha value is -2.27. The minimum Gasteiger partial charge on any atom is -0.379 e. The summed E-state index contributed by atoms with van der Waals surface area (Å²) >= 11 is 0. The molecule has 0 aromatic heterocycles. The largest absolute Gasteiger partial charge is 0.379 e. The molecule has 0 aliphatic heterocycles. The van der Waals surface area contributed by atoms with Crippen molar-refractivity contribution in [1.82, 2.24) is 0 Å². The Morgan fingerprint density at radius 1 is 1.16 bits per heavy atom. The normalized spacial score (nSPS) is 11.6. The topological polar surface area (TPSA) is 35.8 Å². The highest BCUT2D eigenvalue weighted by Crippen LogP contribution is 2.20. The van der Waals surface area contributed by atoms with Crippen LogP contribution in [-0.2, 0) is 6.42 Å². The smallest absolute Gasteiger partial charge is 0.0991 e. The van der Waals surface area contributed by atoms with Crippen LogP contribution >= 0.6 is 0 Å². The van der Waals surface area contributed by atoms with Crippen LogP contribution in [0, 0.1) is 11.3 Å². The van der Waals surface area contributed by atoms with Gasteiger partial charge in [0, 0.05) is 11.7 Å². The van der Waals surface area contributed by atoms with Crippen LogP contribution in [0.3, 0.4) is 0 Å². The monoisotopic (exact) mass is 250 g/mol. The molecule has 0 radical (unpaired) electrons. The fourth-order valence-corrected chi connectivity index (χ4v) is 2.06. The van der Waals surface area contributed by atoms with Gasteiger partial charge in [-0.25, -0.2) is 0 Å². The Balaban J connectivity index is 2.11. The number of benzene rings is 2. The number of aryl methyl sites for hydroxylation is 1. The second-order valence-corrected chi connectivity index (χ2v) is 4.65. The fraction of sp³-hybridized carbons (Fsp3) is 0.235. The lowest BCUT2D eigenvalue weighted by atomic mass is 10.1. The summed E-state index contributed by atoms with van der Waals surface area (Å²) in [6.45, 7) is 4.28. The Bertz CT molecular complexity index is 579. The zero-order chi connectivity index (χ0) is 13.7. The molecule has 0 fully saturated rings. The summed E-state index contributed by atoms with van der Waals surface area (Å²) in [5, 5.41) is 12.3. The van der Waals surface area contributed by atoms with E-state index in [2.05, 4.69) is 49.5 Å². The van der Waals surface area contributed by atoms with Gasteiger partial charge in [-0.05, 0) is 48.7 Å². The van der Waals surface area contributed by atoms with Gasteiger partial charge in [-0.3, -0.25) is 0 Å². The SMILES string of the molecule is CCc1cccc(NC(C)c2ccc(C#N)cc2)c1. The van der Waals surface area contributed by atoms with E-state index in [0.29, 0.717) is 5.56 Å². The molecule has 2 aromatic rings. The van der Waals surface area contributed by atoms with Crippen LogP contribution in [0.5, 0.6) is 0 Å². The molecule has 96 valence electrons. The van der Waals surface area contributed by atoms with E-state index in [0.717, 1.165) is 12.1 Å². The molecule has 0 aliphatic rings. The highest BCUT2D eigenvalue weighted by Gasteiger charge is 2.05. The van der Waals surface area contributed by atoms with Gasteiger partial charge in [0.2, 0.25) is 0 Å². The summed E-state index contributed by atoms with van der Waals surface area (Å²) < 4.78 is 0. The lowest BCUT2D eigenvalue weighted by Crippen LogP contribution is -2.06. The van der Waals surface area contributed by atoms with Gasteiger partial charge in [0.1, 0.15) is 0 Å². The van der Waals surface area contributed by atoms with Crippen LogP contribution in [0.1, 0.15) is 36.6 Å². The van der Waals surface area contributed by atoms with Crippen LogP contribution in [-0.4, -0.2) is 0 Å². The summed E-state index contributed by atoms with van der Waals surface area (Å²) in [7, 11) is 0. The zero-order valence-electron chi connectivity index (χ0n) is 11.4. The molecule has 0 spiro atoms. The van der Waals surface area contributed by atoms with Gasteiger partial charge >= 0.3 is 0 Å². The second-order valence-electron chi connectivity index (χ2n) is 4.65. The Morgan fingerprint density at radius 3 is 2.53 bits per heavy atom. The van der Waals surface area contributed by atoms with Crippen molar-refractivity contribution in [2.24, 2.45) is 0 Å². The summed E-state index contributed by atoms with van der Waals surface area (Å²) in [6.07, 6.45) is 1.04. The third kappa shape index (κ3) is 3.35.